The van der Waals surface area contributed by atoms with Crippen LogP contribution in [0.4, 0.5) is 14.4 Å². The summed E-state index contributed by atoms with van der Waals surface area (Å²) in [7, 11) is 0. The van der Waals surface area contributed by atoms with Gasteiger partial charge in [0, 0.05) is 0 Å². The van der Waals surface area contributed by atoms with Crippen molar-refractivity contribution in [3.63, 3.8) is 0 Å². The van der Waals surface area contributed by atoms with Crippen LogP contribution in [0.2, 0.25) is 0 Å². The highest BCUT2D eigenvalue weighted by Crippen LogP contribution is 2.16. The molecule has 1 aliphatic heterocycles. The van der Waals surface area contributed by atoms with Gasteiger partial charge >= 0.3 is 24.1 Å². The number of ether oxygens (including phenoxy) is 1. The van der Waals surface area contributed by atoms with Gasteiger partial charge in [-0.1, -0.05) is 30.3 Å². The lowest BCUT2D eigenvalue weighted by Crippen LogP contribution is -2.46. The van der Waals surface area contributed by atoms with Gasteiger partial charge in [-0.2, -0.15) is 0 Å². The zero-order chi connectivity index (χ0) is 18.6. The second kappa shape index (κ2) is 7.65. The van der Waals surface area contributed by atoms with Gasteiger partial charge in [-0.25, -0.2) is 29.0 Å². The van der Waals surface area contributed by atoms with Crippen molar-refractivity contribution in [3.05, 3.63) is 35.9 Å². The average molecular weight is 349 g/mol. The number of nitrogens with one attached hydrogen (secondary N) is 1. The maximum atomic E-state index is 12.3. The molecule has 25 heavy (non-hydrogen) atoms. The first kappa shape index (κ1) is 18.2. The van der Waals surface area contributed by atoms with Crippen LogP contribution in [-0.2, 0) is 9.53 Å². The minimum atomic E-state index is -1.31. The lowest BCUT2D eigenvalue weighted by atomic mass is 10.1. The first-order chi connectivity index (χ1) is 11.8. The number of urea groups is 2. The van der Waals surface area contributed by atoms with E-state index >= 15 is 0 Å². The number of carbonyl (C=O) groups is 4. The molecule has 2 N–H and O–H groups in total. The van der Waals surface area contributed by atoms with Crippen molar-refractivity contribution in [3.8, 4) is 0 Å². The molecule has 1 aromatic rings. The molecule has 0 bridgehead atoms. The van der Waals surface area contributed by atoms with E-state index in [1.807, 2.05) is 0 Å². The third-order valence-electron chi connectivity index (χ3n) is 3.46. The van der Waals surface area contributed by atoms with E-state index in [2.05, 4.69) is 5.32 Å². The summed E-state index contributed by atoms with van der Waals surface area (Å²) < 4.78 is 4.93. The van der Waals surface area contributed by atoms with Gasteiger partial charge < -0.3 is 15.2 Å². The number of hydrogen-bond acceptors (Lipinski definition) is 5. The number of rotatable bonds is 4. The molecule has 0 aromatic heterocycles. The number of benzene rings is 1. The molecule has 1 saturated heterocycles. The Kier molecular flexibility index (Phi) is 5.58. The van der Waals surface area contributed by atoms with Crippen molar-refractivity contribution in [1.82, 2.24) is 15.1 Å². The molecule has 1 atom stereocenters. The average Bonchev–Trinajstić information content (AvgIpc) is 2.94. The SMILES string of the molecule is CC(C)OC(=O)N1CCN(C(=O)NC(C(=O)O)c2ccccc2)C1=O. The summed E-state index contributed by atoms with van der Waals surface area (Å²) in [5, 5.41) is 11.6. The number of aliphatic carboxylic acids is 1. The maximum Gasteiger partial charge on any atom is 0.418 e. The van der Waals surface area contributed by atoms with E-state index < -0.39 is 36.3 Å². The van der Waals surface area contributed by atoms with Gasteiger partial charge in [-0.15, -0.1) is 0 Å². The molecule has 9 nitrogen and oxygen atoms in total. The summed E-state index contributed by atoms with van der Waals surface area (Å²) in [6, 6.07) is 5.06. The van der Waals surface area contributed by atoms with Gasteiger partial charge in [0.1, 0.15) is 0 Å². The Bertz CT molecular complexity index is 676. The fourth-order valence-corrected chi connectivity index (χ4v) is 2.29. The van der Waals surface area contributed by atoms with Crippen molar-refractivity contribution < 1.29 is 29.0 Å². The summed E-state index contributed by atoms with van der Waals surface area (Å²) in [6.07, 6.45) is -1.24. The second-order valence-corrected chi connectivity index (χ2v) is 5.65. The first-order valence-electron chi connectivity index (χ1n) is 7.69. The van der Waals surface area contributed by atoms with Gasteiger partial charge in [0.15, 0.2) is 6.04 Å². The first-order valence-corrected chi connectivity index (χ1v) is 7.69. The Morgan fingerprint density at radius 2 is 1.72 bits per heavy atom. The summed E-state index contributed by atoms with van der Waals surface area (Å²) in [5.74, 6) is -1.26. The van der Waals surface area contributed by atoms with Crippen molar-refractivity contribution in [2.45, 2.75) is 26.0 Å². The van der Waals surface area contributed by atoms with Gasteiger partial charge in [0.25, 0.3) is 0 Å². The van der Waals surface area contributed by atoms with Crippen LogP contribution in [-0.4, -0.2) is 58.2 Å². The fraction of sp³-hybridized carbons (Fsp3) is 0.375. The maximum absolute atomic E-state index is 12.3. The van der Waals surface area contributed by atoms with Crippen LogP contribution in [0, 0.1) is 0 Å². The molecule has 0 spiro atoms. The molecule has 1 heterocycles. The third-order valence-corrected chi connectivity index (χ3v) is 3.46. The Morgan fingerprint density at radius 1 is 1.12 bits per heavy atom. The summed E-state index contributed by atoms with van der Waals surface area (Å²) >= 11 is 0. The number of imide groups is 2. The Balaban J connectivity index is 2.06. The molecule has 134 valence electrons. The van der Waals surface area contributed by atoms with E-state index in [9.17, 15) is 24.3 Å². The van der Waals surface area contributed by atoms with Crippen molar-refractivity contribution >= 4 is 24.1 Å². The molecule has 1 unspecified atom stereocenters. The minimum Gasteiger partial charge on any atom is -0.479 e. The molecular formula is C16H19N3O6. The quantitative estimate of drug-likeness (QED) is 0.856. The molecule has 1 fully saturated rings. The molecule has 0 aliphatic carbocycles. The summed E-state index contributed by atoms with van der Waals surface area (Å²) in [6.45, 7) is 3.22. The highest BCUT2D eigenvalue weighted by Gasteiger charge is 2.39. The van der Waals surface area contributed by atoms with Crippen LogP contribution in [0.1, 0.15) is 25.5 Å². The van der Waals surface area contributed by atoms with Crippen LogP contribution in [0.25, 0.3) is 0 Å². The molecule has 1 aromatic carbocycles. The van der Waals surface area contributed by atoms with Gasteiger partial charge in [0.2, 0.25) is 0 Å². The molecule has 0 saturated carbocycles. The largest absolute Gasteiger partial charge is 0.479 e. The predicted octanol–water partition coefficient (Wildman–Crippen LogP) is 1.80. The third kappa shape index (κ3) is 4.25. The normalized spacial score (nSPS) is 15.2. The monoisotopic (exact) mass is 349 g/mol. The lowest BCUT2D eigenvalue weighted by Gasteiger charge is -2.20. The van der Waals surface area contributed by atoms with Crippen LogP contribution < -0.4 is 5.32 Å². The number of carboxylic acid groups (broad SMARTS) is 1. The van der Waals surface area contributed by atoms with Crippen molar-refractivity contribution in [2.75, 3.05) is 13.1 Å². The molecule has 9 heteroatoms. The zero-order valence-electron chi connectivity index (χ0n) is 13.8. The molecule has 1 aliphatic rings. The minimum absolute atomic E-state index is 0.0130. The van der Waals surface area contributed by atoms with E-state index in [1.165, 1.54) is 0 Å². The predicted molar refractivity (Wildman–Crippen MR) is 85.8 cm³/mol. The highest BCUT2D eigenvalue weighted by atomic mass is 16.6. The number of carbonyl (C=O) groups excluding carboxylic acids is 3. The van der Waals surface area contributed by atoms with Crippen LogP contribution in [0.5, 0.6) is 0 Å². The second-order valence-electron chi connectivity index (χ2n) is 5.65. The van der Waals surface area contributed by atoms with Gasteiger partial charge in [-0.3, -0.25) is 0 Å². The van der Waals surface area contributed by atoms with Crippen LogP contribution in [0.15, 0.2) is 30.3 Å². The van der Waals surface area contributed by atoms with Crippen LogP contribution in [0.3, 0.4) is 0 Å². The lowest BCUT2D eigenvalue weighted by molar-refractivity contribution is -0.139. The molecule has 2 rings (SSSR count). The number of carboxylic acids is 1. The van der Waals surface area contributed by atoms with Crippen molar-refractivity contribution in [1.29, 1.82) is 0 Å². The van der Waals surface area contributed by atoms with E-state index in [-0.39, 0.29) is 13.1 Å². The highest BCUT2D eigenvalue weighted by molar-refractivity contribution is 6.02. The zero-order valence-corrected chi connectivity index (χ0v) is 13.8. The van der Waals surface area contributed by atoms with Gasteiger partial charge in [0.05, 0.1) is 19.2 Å². The fourth-order valence-electron chi connectivity index (χ4n) is 2.29. The Labute approximate surface area is 144 Å². The van der Waals surface area contributed by atoms with Crippen LogP contribution >= 0.6 is 0 Å². The van der Waals surface area contributed by atoms with E-state index in [4.69, 9.17) is 4.74 Å². The smallest absolute Gasteiger partial charge is 0.418 e. The molecule has 0 radical (unpaired) electrons. The summed E-state index contributed by atoms with van der Waals surface area (Å²) in [4.78, 5) is 49.3. The van der Waals surface area contributed by atoms with E-state index in [0.717, 1.165) is 9.80 Å². The topological polar surface area (TPSA) is 116 Å². The van der Waals surface area contributed by atoms with Crippen molar-refractivity contribution in [2.24, 2.45) is 0 Å². The molecular weight excluding hydrogens is 330 g/mol. The number of nitrogens with zero attached hydrogens (tertiary/aromatic N) is 2. The standard InChI is InChI=1S/C16H19N3O6/c1-10(2)25-16(24)19-9-8-18(15(19)23)14(22)17-12(13(20)21)11-6-4-3-5-7-11/h3-7,10,12H,8-9H2,1-2H3,(H,17,22)(H,20,21). The van der Waals surface area contributed by atoms with Gasteiger partial charge in [-0.05, 0) is 19.4 Å². The number of hydrogen-bond donors (Lipinski definition) is 2. The number of amides is 5. The summed E-state index contributed by atoms with van der Waals surface area (Å²) in [5.41, 5.74) is 0.367. The van der Waals surface area contributed by atoms with E-state index in [1.54, 1.807) is 44.2 Å². The Hall–Kier alpha value is -3.10. The molecule has 5 amide bonds. The van der Waals surface area contributed by atoms with E-state index in [0.29, 0.717) is 5.56 Å². The Morgan fingerprint density at radius 3 is 2.28 bits per heavy atom.